The molecule has 20 heavy (non-hydrogen) atoms. The van der Waals surface area contributed by atoms with Gasteiger partial charge in [-0.15, -0.1) is 11.3 Å². The lowest BCUT2D eigenvalue weighted by atomic mass is 9.97. The van der Waals surface area contributed by atoms with Crippen LogP contribution in [-0.2, 0) is 6.42 Å². The summed E-state index contributed by atoms with van der Waals surface area (Å²) in [4.78, 5) is 4.43. The summed E-state index contributed by atoms with van der Waals surface area (Å²) < 4.78 is 0. The molecule has 0 spiro atoms. The van der Waals surface area contributed by atoms with Gasteiger partial charge in [-0.2, -0.15) is 0 Å². The highest BCUT2D eigenvalue weighted by Crippen LogP contribution is 2.37. The fourth-order valence-corrected chi connectivity index (χ4v) is 3.41. The van der Waals surface area contributed by atoms with Crippen LogP contribution in [0.2, 0.25) is 0 Å². The summed E-state index contributed by atoms with van der Waals surface area (Å²) in [6.07, 6.45) is 5.17. The first-order valence-electron chi connectivity index (χ1n) is 6.69. The van der Waals surface area contributed by atoms with E-state index in [1.54, 1.807) is 11.3 Å². The van der Waals surface area contributed by atoms with Gasteiger partial charge >= 0.3 is 0 Å². The van der Waals surface area contributed by atoms with Crippen molar-refractivity contribution in [2.75, 3.05) is 0 Å². The van der Waals surface area contributed by atoms with Crippen molar-refractivity contribution in [3.8, 4) is 11.1 Å². The van der Waals surface area contributed by atoms with E-state index in [9.17, 15) is 0 Å². The maximum Gasteiger partial charge on any atom is 0.119 e. The molecular weight excluding hydrogens is 262 g/mol. The molecule has 1 nitrogen and oxygen atoms in total. The molecule has 0 aliphatic heterocycles. The predicted molar refractivity (Wildman–Crippen MR) is 85.6 cm³/mol. The van der Waals surface area contributed by atoms with E-state index in [4.69, 9.17) is 0 Å². The molecule has 0 unspecified atom stereocenters. The lowest BCUT2D eigenvalue weighted by Crippen LogP contribution is -1.87. The highest BCUT2D eigenvalue weighted by molar-refractivity contribution is 7.10. The molecule has 0 bridgehead atoms. The predicted octanol–water partition coefficient (Wildman–Crippen LogP) is 4.91. The summed E-state index contributed by atoms with van der Waals surface area (Å²) in [5.74, 6) is 0. The topological polar surface area (TPSA) is 12.9 Å². The number of rotatable bonds is 2. The molecule has 1 aliphatic rings. The zero-order valence-electron chi connectivity index (χ0n) is 10.9. The third-order valence-corrected chi connectivity index (χ3v) is 4.54. The second kappa shape index (κ2) is 4.73. The molecule has 1 aromatic heterocycles. The van der Waals surface area contributed by atoms with Crippen LogP contribution in [0.1, 0.15) is 16.1 Å². The molecule has 1 heterocycles. The maximum absolute atomic E-state index is 4.43. The molecule has 0 amide bonds. The van der Waals surface area contributed by atoms with Gasteiger partial charge in [0.1, 0.15) is 5.01 Å². The lowest BCUT2D eigenvalue weighted by molar-refractivity contribution is 1.28. The molecule has 1 aliphatic carbocycles. The van der Waals surface area contributed by atoms with Crippen molar-refractivity contribution in [3.05, 3.63) is 76.2 Å². The number of hydrogen-bond acceptors (Lipinski definition) is 2. The summed E-state index contributed by atoms with van der Waals surface area (Å²) >= 11 is 1.71. The minimum atomic E-state index is 0.990. The average Bonchev–Trinajstić information content (AvgIpc) is 3.16. The Balaban J connectivity index is 1.84. The van der Waals surface area contributed by atoms with Gasteiger partial charge in [0.2, 0.25) is 0 Å². The molecule has 96 valence electrons. The van der Waals surface area contributed by atoms with Gasteiger partial charge in [0.15, 0.2) is 0 Å². The number of benzene rings is 2. The van der Waals surface area contributed by atoms with Crippen LogP contribution >= 0.6 is 11.3 Å². The van der Waals surface area contributed by atoms with E-state index < -0.39 is 0 Å². The van der Waals surface area contributed by atoms with Gasteiger partial charge in [-0.3, -0.25) is 0 Å². The average molecular weight is 275 g/mol. The van der Waals surface area contributed by atoms with Gasteiger partial charge in [-0.1, -0.05) is 48.5 Å². The molecule has 0 saturated heterocycles. The van der Waals surface area contributed by atoms with Crippen molar-refractivity contribution in [1.29, 1.82) is 0 Å². The molecule has 3 aromatic rings. The van der Waals surface area contributed by atoms with Gasteiger partial charge < -0.3 is 0 Å². The van der Waals surface area contributed by atoms with Gasteiger partial charge in [-0.05, 0) is 33.9 Å². The normalized spacial score (nSPS) is 13.1. The molecule has 0 saturated carbocycles. The van der Waals surface area contributed by atoms with Crippen molar-refractivity contribution in [1.82, 2.24) is 4.98 Å². The maximum atomic E-state index is 4.43. The van der Waals surface area contributed by atoms with Crippen LogP contribution in [0.4, 0.5) is 0 Å². The second-order valence-electron chi connectivity index (χ2n) is 4.93. The monoisotopic (exact) mass is 275 g/mol. The SMILES string of the molecule is C1=C(c2nccs2)Cc2cccc(-c3ccccc3)c21. The van der Waals surface area contributed by atoms with Crippen LogP contribution in [0.15, 0.2) is 60.1 Å². The molecule has 0 radical (unpaired) electrons. The number of nitrogens with zero attached hydrogens (tertiary/aromatic N) is 1. The quantitative estimate of drug-likeness (QED) is 0.647. The van der Waals surface area contributed by atoms with E-state index in [1.807, 2.05) is 11.6 Å². The molecule has 0 atom stereocenters. The zero-order chi connectivity index (χ0) is 13.4. The summed E-state index contributed by atoms with van der Waals surface area (Å²) in [7, 11) is 0. The fourth-order valence-electron chi connectivity index (χ4n) is 2.76. The molecule has 2 heteroatoms. The Hall–Kier alpha value is -2.19. The highest BCUT2D eigenvalue weighted by atomic mass is 32.1. The second-order valence-corrected chi connectivity index (χ2v) is 5.82. The number of aromatic nitrogens is 1. The van der Waals surface area contributed by atoms with Crippen LogP contribution in [0.25, 0.3) is 22.8 Å². The van der Waals surface area contributed by atoms with Crippen LogP contribution in [-0.4, -0.2) is 4.98 Å². The van der Waals surface area contributed by atoms with Gasteiger partial charge in [0.25, 0.3) is 0 Å². The third-order valence-electron chi connectivity index (χ3n) is 3.69. The lowest BCUT2D eigenvalue weighted by Gasteiger charge is -2.07. The van der Waals surface area contributed by atoms with Crippen LogP contribution < -0.4 is 0 Å². The number of hydrogen-bond donors (Lipinski definition) is 0. The minimum Gasteiger partial charge on any atom is -0.245 e. The highest BCUT2D eigenvalue weighted by Gasteiger charge is 2.18. The Labute approximate surface area is 122 Å². The molecule has 2 aromatic carbocycles. The van der Waals surface area contributed by atoms with Crippen molar-refractivity contribution in [3.63, 3.8) is 0 Å². The number of fused-ring (bicyclic) bond motifs is 1. The Bertz CT molecular complexity index is 770. The van der Waals surface area contributed by atoms with E-state index in [0.29, 0.717) is 0 Å². The van der Waals surface area contributed by atoms with Gasteiger partial charge in [0.05, 0.1) is 0 Å². The van der Waals surface area contributed by atoms with Crippen LogP contribution in [0.3, 0.4) is 0 Å². The Morgan fingerprint density at radius 2 is 1.85 bits per heavy atom. The smallest absolute Gasteiger partial charge is 0.119 e. The van der Waals surface area contributed by atoms with E-state index >= 15 is 0 Å². The summed E-state index contributed by atoms with van der Waals surface area (Å²) in [6, 6.07) is 17.2. The summed E-state index contributed by atoms with van der Waals surface area (Å²) in [6.45, 7) is 0. The van der Waals surface area contributed by atoms with E-state index in [-0.39, 0.29) is 0 Å². The van der Waals surface area contributed by atoms with E-state index in [1.165, 1.54) is 27.8 Å². The first-order chi connectivity index (χ1) is 9.92. The summed E-state index contributed by atoms with van der Waals surface area (Å²) in [5, 5.41) is 3.18. The van der Waals surface area contributed by atoms with Crippen molar-refractivity contribution >= 4 is 23.0 Å². The molecule has 0 N–H and O–H groups in total. The summed E-state index contributed by atoms with van der Waals surface area (Å²) in [5.41, 5.74) is 6.68. The number of allylic oxidation sites excluding steroid dienone is 1. The van der Waals surface area contributed by atoms with Crippen molar-refractivity contribution in [2.45, 2.75) is 6.42 Å². The van der Waals surface area contributed by atoms with Gasteiger partial charge in [0, 0.05) is 18.0 Å². The fraction of sp³-hybridized carbons (Fsp3) is 0.0556. The molecular formula is C18H13NS. The largest absolute Gasteiger partial charge is 0.245 e. The standard InChI is InChI=1S/C18H13NS/c1-2-5-13(6-3-1)16-8-4-7-14-11-15(12-17(14)16)18-19-9-10-20-18/h1-10,12H,11H2. The third kappa shape index (κ3) is 1.89. The Morgan fingerprint density at radius 1 is 0.950 bits per heavy atom. The van der Waals surface area contributed by atoms with Gasteiger partial charge in [-0.25, -0.2) is 4.98 Å². The Kier molecular flexibility index (Phi) is 2.75. The van der Waals surface area contributed by atoms with E-state index in [0.717, 1.165) is 11.4 Å². The Morgan fingerprint density at radius 3 is 2.65 bits per heavy atom. The van der Waals surface area contributed by atoms with Crippen LogP contribution in [0.5, 0.6) is 0 Å². The zero-order valence-corrected chi connectivity index (χ0v) is 11.7. The number of thiazole rings is 1. The van der Waals surface area contributed by atoms with E-state index in [2.05, 4.69) is 59.6 Å². The first kappa shape index (κ1) is 11.6. The van der Waals surface area contributed by atoms with Crippen molar-refractivity contribution in [2.24, 2.45) is 0 Å². The molecule has 0 fully saturated rings. The van der Waals surface area contributed by atoms with Crippen LogP contribution in [0, 0.1) is 0 Å². The molecule has 4 rings (SSSR count). The minimum absolute atomic E-state index is 0.990. The van der Waals surface area contributed by atoms with Crippen molar-refractivity contribution < 1.29 is 0 Å². The first-order valence-corrected chi connectivity index (χ1v) is 7.57.